The molecule has 0 saturated carbocycles. The summed E-state index contributed by atoms with van der Waals surface area (Å²) in [5.74, 6) is 0. The quantitative estimate of drug-likeness (QED) is 0.365. The minimum absolute atomic E-state index is 0. The van der Waals surface area contributed by atoms with Crippen molar-refractivity contribution >= 4 is 56.2 Å². The minimum atomic E-state index is -2.17. The Kier molecular flexibility index (Phi) is 792. The Morgan fingerprint density at radius 2 is 0.500 bits per heavy atom. The Bertz CT molecular complexity index is 14.6. The van der Waals surface area contributed by atoms with Crippen LogP contribution in [0.2, 0.25) is 0 Å². The fourth-order valence-electron chi connectivity index (χ4n) is 0. The normalized spacial score (nSPS) is 2.25. The Morgan fingerprint density at radius 1 is 0.500 bits per heavy atom. The third-order valence-electron chi connectivity index (χ3n) is 0. The van der Waals surface area contributed by atoms with Crippen molar-refractivity contribution in [3.8, 4) is 0 Å². The molecule has 0 aliphatic carbocycles. The molecule has 0 aromatic rings. The standard InChI is InChI=1S/BH3O3.Ba.7H2O.2H/c2-1(3)4;;;;;;;;;;/h2-4H;;7*1H2;;. The average Bonchev–Trinajstić information content (AvgIpc) is 0.811. The average molecular weight is 327 g/mol. The van der Waals surface area contributed by atoms with E-state index in [0.717, 1.165) is 0 Å². The number of rotatable bonds is 0. The molecule has 0 amide bonds. The van der Waals surface area contributed by atoms with Crippen molar-refractivity contribution in [3.63, 3.8) is 0 Å². The van der Waals surface area contributed by atoms with Gasteiger partial charge in [-0.05, 0) is 0 Å². The van der Waals surface area contributed by atoms with Crippen LogP contribution >= 0.6 is 0 Å². The van der Waals surface area contributed by atoms with Crippen LogP contribution in [0.1, 0.15) is 0 Å². The first-order valence-electron chi connectivity index (χ1n) is 0.775. The molecule has 12 heteroatoms. The van der Waals surface area contributed by atoms with Gasteiger partial charge in [0.1, 0.15) is 0 Å². The molecule has 0 heterocycles. The zero-order valence-corrected chi connectivity index (χ0v) is 5.42. The zero-order valence-electron chi connectivity index (χ0n) is 5.42. The van der Waals surface area contributed by atoms with Crippen LogP contribution < -0.4 is 0 Å². The first kappa shape index (κ1) is 110. The molecule has 0 bridgehead atoms. The second kappa shape index (κ2) is 86.1. The van der Waals surface area contributed by atoms with E-state index < -0.39 is 7.32 Å². The van der Waals surface area contributed by atoms with Crippen LogP contribution in [-0.2, 0) is 0 Å². The second-order valence-corrected chi connectivity index (χ2v) is 0.346. The van der Waals surface area contributed by atoms with Crippen molar-refractivity contribution in [1.29, 1.82) is 0 Å². The van der Waals surface area contributed by atoms with Gasteiger partial charge in [0, 0.05) is 0 Å². The van der Waals surface area contributed by atoms with E-state index in [2.05, 4.69) is 0 Å². The van der Waals surface area contributed by atoms with E-state index in [1.807, 2.05) is 0 Å². The molecule has 0 unspecified atom stereocenters. The molecular weight excluding hydrogens is 308 g/mol. The third-order valence-corrected chi connectivity index (χ3v) is 0. The Balaban J connectivity index is -0.00000000161. The number of hydrogen-bond acceptors (Lipinski definition) is 3. The summed E-state index contributed by atoms with van der Waals surface area (Å²) in [6, 6.07) is 0. The molecule has 84 valence electrons. The summed E-state index contributed by atoms with van der Waals surface area (Å²) in [7, 11) is -2.17. The fourth-order valence-corrected chi connectivity index (χ4v) is 0. The molecule has 0 radical (unpaired) electrons. The van der Waals surface area contributed by atoms with Crippen molar-refractivity contribution in [2.75, 3.05) is 0 Å². The summed E-state index contributed by atoms with van der Waals surface area (Å²) in [5.41, 5.74) is 0. The van der Waals surface area contributed by atoms with Gasteiger partial charge in [0.25, 0.3) is 0 Å². The van der Waals surface area contributed by atoms with E-state index in [-0.39, 0.29) is 87.2 Å². The zero-order chi connectivity index (χ0) is 3.58. The van der Waals surface area contributed by atoms with Crippen molar-refractivity contribution in [2.24, 2.45) is 0 Å². The van der Waals surface area contributed by atoms with Gasteiger partial charge in [-0.2, -0.15) is 0 Å². The summed E-state index contributed by atoms with van der Waals surface area (Å²) in [4.78, 5) is 0. The van der Waals surface area contributed by atoms with Gasteiger partial charge in [0.05, 0.1) is 0 Å². The van der Waals surface area contributed by atoms with Gasteiger partial charge in [-0.15, -0.1) is 0 Å². The molecule has 0 aromatic carbocycles. The fraction of sp³-hybridized carbons (Fsp3) is 0. The molecule has 0 aliphatic heterocycles. The summed E-state index contributed by atoms with van der Waals surface area (Å²) in [6.07, 6.45) is 0. The van der Waals surface area contributed by atoms with E-state index in [1.54, 1.807) is 0 Å². The Labute approximate surface area is 109 Å². The number of hydrogen-bond donors (Lipinski definition) is 3. The van der Waals surface area contributed by atoms with Crippen LogP contribution in [0.15, 0.2) is 0 Å². The van der Waals surface area contributed by atoms with E-state index in [4.69, 9.17) is 15.1 Å². The Morgan fingerprint density at radius 3 is 0.500 bits per heavy atom. The van der Waals surface area contributed by atoms with Crippen LogP contribution in [0.4, 0.5) is 0 Å². The van der Waals surface area contributed by atoms with Crippen LogP contribution in [0.25, 0.3) is 0 Å². The van der Waals surface area contributed by atoms with Crippen LogP contribution in [0.5, 0.6) is 0 Å². The SMILES string of the molecule is O.O.O.O.O.O.O.OB(O)O.[BaH2]. The molecule has 0 atom stereocenters. The monoisotopic (exact) mass is 328 g/mol. The van der Waals surface area contributed by atoms with E-state index in [0.29, 0.717) is 0 Å². The topological polar surface area (TPSA) is 281 Å². The third kappa shape index (κ3) is 770. The maximum atomic E-state index is 7.17. The second-order valence-electron chi connectivity index (χ2n) is 0.346. The van der Waals surface area contributed by atoms with Gasteiger partial charge < -0.3 is 53.4 Å². The predicted molar refractivity (Wildman–Crippen MR) is 46.3 cm³/mol. The van der Waals surface area contributed by atoms with Gasteiger partial charge in [-0.3, -0.25) is 0 Å². The van der Waals surface area contributed by atoms with Crippen molar-refractivity contribution in [1.82, 2.24) is 0 Å². The van der Waals surface area contributed by atoms with Crippen molar-refractivity contribution in [3.05, 3.63) is 0 Å². The van der Waals surface area contributed by atoms with E-state index in [9.17, 15) is 0 Å². The van der Waals surface area contributed by atoms with Crippen molar-refractivity contribution in [2.45, 2.75) is 0 Å². The summed E-state index contributed by atoms with van der Waals surface area (Å²) in [5, 5.41) is 21.5. The molecule has 10 nitrogen and oxygen atoms in total. The first-order chi connectivity index (χ1) is 1.73. The van der Waals surface area contributed by atoms with Gasteiger partial charge in [0.2, 0.25) is 0 Å². The molecule has 12 heavy (non-hydrogen) atoms. The summed E-state index contributed by atoms with van der Waals surface area (Å²) >= 11 is 0. The molecule has 0 aromatic heterocycles. The van der Waals surface area contributed by atoms with Crippen LogP contribution in [0.3, 0.4) is 0 Å². The Hall–Kier alpha value is 1.24. The molecule has 0 saturated heterocycles. The van der Waals surface area contributed by atoms with Crippen molar-refractivity contribution < 1.29 is 53.4 Å². The van der Waals surface area contributed by atoms with Crippen LogP contribution in [-0.4, -0.2) is 110 Å². The van der Waals surface area contributed by atoms with Crippen LogP contribution in [0, 0.1) is 0 Å². The summed E-state index contributed by atoms with van der Waals surface area (Å²) in [6.45, 7) is 0. The maximum absolute atomic E-state index is 7.17. The van der Waals surface area contributed by atoms with Gasteiger partial charge >= 0.3 is 56.2 Å². The van der Waals surface area contributed by atoms with E-state index >= 15 is 0 Å². The molecule has 0 spiro atoms. The molecular formula is H19BBaO10. The van der Waals surface area contributed by atoms with Gasteiger partial charge in [0.15, 0.2) is 0 Å². The van der Waals surface area contributed by atoms with E-state index in [1.165, 1.54) is 0 Å². The molecule has 17 N–H and O–H groups in total. The predicted octanol–water partition coefficient (Wildman–Crippen LogP) is -8.74. The first-order valence-corrected chi connectivity index (χ1v) is 0.775. The van der Waals surface area contributed by atoms with Gasteiger partial charge in [-0.1, -0.05) is 0 Å². The van der Waals surface area contributed by atoms with Gasteiger partial charge in [-0.25, -0.2) is 0 Å². The molecule has 0 rings (SSSR count). The molecule has 0 aliphatic rings. The summed E-state index contributed by atoms with van der Waals surface area (Å²) < 4.78 is 0. The molecule has 0 fully saturated rings.